The number of nitro benzene ring substituents is 1. The molecule has 1 N–H and O–H groups in total. The second-order valence-corrected chi connectivity index (χ2v) is 6.09. The molecule has 7 nitrogen and oxygen atoms in total. The van der Waals surface area contributed by atoms with Crippen LogP contribution in [0.15, 0.2) is 60.8 Å². The van der Waals surface area contributed by atoms with Crippen molar-refractivity contribution in [1.82, 2.24) is 9.78 Å². The van der Waals surface area contributed by atoms with Crippen LogP contribution in [0.4, 0.5) is 11.5 Å². The van der Waals surface area contributed by atoms with E-state index >= 15 is 0 Å². The Morgan fingerprint density at radius 1 is 1.08 bits per heavy atom. The van der Waals surface area contributed by atoms with E-state index in [0.29, 0.717) is 22.9 Å². The Bertz CT molecular complexity index is 920. The molecule has 0 atom stereocenters. The largest absolute Gasteiger partial charge is 0.311 e. The fourth-order valence-corrected chi connectivity index (χ4v) is 2.56. The molecule has 8 heteroatoms. The molecule has 0 saturated carbocycles. The molecule has 3 aromatic rings. The molecule has 0 radical (unpaired) electrons. The van der Waals surface area contributed by atoms with Gasteiger partial charge in [0.1, 0.15) is 5.82 Å². The predicted molar refractivity (Wildman–Crippen MR) is 98.2 cm³/mol. The number of amides is 1. The number of hydrogen-bond donors (Lipinski definition) is 1. The molecule has 0 aliphatic heterocycles. The minimum Gasteiger partial charge on any atom is -0.311 e. The predicted octanol–water partition coefficient (Wildman–Crippen LogP) is 3.67. The average molecular weight is 371 g/mol. The van der Waals surface area contributed by atoms with Crippen LogP contribution in [0.2, 0.25) is 5.02 Å². The maximum absolute atomic E-state index is 12.2. The number of halogens is 1. The molecule has 0 unspecified atom stereocenters. The van der Waals surface area contributed by atoms with Gasteiger partial charge in [0.25, 0.3) is 5.69 Å². The maximum atomic E-state index is 12.2. The van der Waals surface area contributed by atoms with Crippen molar-refractivity contribution in [3.8, 4) is 0 Å². The van der Waals surface area contributed by atoms with E-state index < -0.39 is 4.92 Å². The number of carbonyl (C=O) groups excluding carboxylic acids is 1. The van der Waals surface area contributed by atoms with Gasteiger partial charge in [0.05, 0.1) is 24.1 Å². The summed E-state index contributed by atoms with van der Waals surface area (Å²) >= 11 is 5.88. The first-order valence-corrected chi connectivity index (χ1v) is 8.18. The summed E-state index contributed by atoms with van der Waals surface area (Å²) in [4.78, 5) is 22.4. The summed E-state index contributed by atoms with van der Waals surface area (Å²) < 4.78 is 1.68. The number of hydrogen-bond acceptors (Lipinski definition) is 4. The zero-order chi connectivity index (χ0) is 18.5. The van der Waals surface area contributed by atoms with Crippen molar-refractivity contribution < 1.29 is 9.72 Å². The lowest BCUT2D eigenvalue weighted by molar-refractivity contribution is -0.384. The lowest BCUT2D eigenvalue weighted by atomic mass is 10.1. The second-order valence-electron chi connectivity index (χ2n) is 5.65. The Hall–Kier alpha value is -3.19. The van der Waals surface area contributed by atoms with Crippen LogP contribution in [0.3, 0.4) is 0 Å². The van der Waals surface area contributed by atoms with E-state index in [0.717, 1.165) is 5.56 Å². The van der Waals surface area contributed by atoms with Crippen molar-refractivity contribution in [3.05, 3.63) is 87.1 Å². The third-order valence-corrected chi connectivity index (χ3v) is 3.99. The minimum absolute atomic E-state index is 0.00445. The van der Waals surface area contributed by atoms with Gasteiger partial charge in [-0.25, -0.2) is 4.68 Å². The van der Waals surface area contributed by atoms with E-state index in [2.05, 4.69) is 10.4 Å². The number of nitrogens with one attached hydrogen (secondary N) is 1. The molecule has 0 aliphatic rings. The van der Waals surface area contributed by atoms with Crippen LogP contribution >= 0.6 is 11.6 Å². The van der Waals surface area contributed by atoms with Crippen LogP contribution in [0.5, 0.6) is 0 Å². The minimum atomic E-state index is -0.473. The van der Waals surface area contributed by atoms with Crippen LogP contribution < -0.4 is 5.32 Å². The fourth-order valence-electron chi connectivity index (χ4n) is 2.44. The zero-order valence-electron chi connectivity index (χ0n) is 13.6. The molecule has 0 spiro atoms. The first-order chi connectivity index (χ1) is 12.5. The summed E-state index contributed by atoms with van der Waals surface area (Å²) in [5.74, 6) is 0.351. The van der Waals surface area contributed by atoms with E-state index in [-0.39, 0.29) is 18.0 Å². The second kappa shape index (κ2) is 7.79. The van der Waals surface area contributed by atoms with Gasteiger partial charge in [0, 0.05) is 23.2 Å². The molecule has 0 fully saturated rings. The topological polar surface area (TPSA) is 90.1 Å². The van der Waals surface area contributed by atoms with Crippen molar-refractivity contribution in [1.29, 1.82) is 0 Å². The smallest absolute Gasteiger partial charge is 0.269 e. The van der Waals surface area contributed by atoms with Gasteiger partial charge in [0.15, 0.2) is 0 Å². The zero-order valence-corrected chi connectivity index (χ0v) is 14.4. The number of benzene rings is 2. The van der Waals surface area contributed by atoms with E-state index in [4.69, 9.17) is 11.6 Å². The van der Waals surface area contributed by atoms with E-state index in [1.807, 2.05) is 12.1 Å². The van der Waals surface area contributed by atoms with Crippen LogP contribution in [-0.2, 0) is 17.8 Å². The van der Waals surface area contributed by atoms with Gasteiger partial charge in [-0.1, -0.05) is 35.9 Å². The highest BCUT2D eigenvalue weighted by molar-refractivity contribution is 6.30. The highest BCUT2D eigenvalue weighted by atomic mass is 35.5. The van der Waals surface area contributed by atoms with Gasteiger partial charge in [-0.15, -0.1) is 0 Å². The average Bonchev–Trinajstić information content (AvgIpc) is 3.04. The SMILES string of the molecule is O=C(Cc1ccc([N+](=O)[O-])cc1)Nc1ccnn1Cc1ccc(Cl)cc1. The van der Waals surface area contributed by atoms with Crippen LogP contribution in [0.25, 0.3) is 0 Å². The van der Waals surface area contributed by atoms with E-state index in [9.17, 15) is 14.9 Å². The Balaban J connectivity index is 1.63. The Kier molecular flexibility index (Phi) is 5.28. The quantitative estimate of drug-likeness (QED) is 0.529. The summed E-state index contributed by atoms with van der Waals surface area (Å²) in [6, 6.07) is 15.0. The number of nitro groups is 1. The molecule has 26 heavy (non-hydrogen) atoms. The Morgan fingerprint density at radius 3 is 2.38 bits per heavy atom. The Morgan fingerprint density at radius 2 is 1.73 bits per heavy atom. The number of anilines is 1. The summed E-state index contributed by atoms with van der Waals surface area (Å²) in [6.07, 6.45) is 1.72. The highest BCUT2D eigenvalue weighted by Gasteiger charge is 2.10. The number of aromatic nitrogens is 2. The molecule has 2 aromatic carbocycles. The molecule has 1 amide bonds. The van der Waals surface area contributed by atoms with Crippen molar-refractivity contribution in [2.24, 2.45) is 0 Å². The number of nitrogens with zero attached hydrogens (tertiary/aromatic N) is 3. The van der Waals surface area contributed by atoms with Crippen LogP contribution in [-0.4, -0.2) is 20.6 Å². The molecule has 0 bridgehead atoms. The summed E-state index contributed by atoms with van der Waals surface area (Å²) in [5, 5.41) is 18.3. The third-order valence-electron chi connectivity index (χ3n) is 3.74. The summed E-state index contributed by atoms with van der Waals surface area (Å²) in [6.45, 7) is 0.497. The van der Waals surface area contributed by atoms with Crippen LogP contribution in [0, 0.1) is 10.1 Å². The summed E-state index contributed by atoms with van der Waals surface area (Å²) in [5.41, 5.74) is 1.69. The molecule has 132 valence electrons. The highest BCUT2D eigenvalue weighted by Crippen LogP contribution is 2.15. The molecule has 0 saturated heterocycles. The molecular weight excluding hydrogens is 356 g/mol. The maximum Gasteiger partial charge on any atom is 0.269 e. The number of non-ortho nitro benzene ring substituents is 1. The van der Waals surface area contributed by atoms with Gasteiger partial charge in [-0.05, 0) is 23.3 Å². The van der Waals surface area contributed by atoms with E-state index in [1.54, 1.807) is 41.2 Å². The monoisotopic (exact) mass is 370 g/mol. The van der Waals surface area contributed by atoms with Crippen molar-refractivity contribution in [2.75, 3.05) is 5.32 Å². The van der Waals surface area contributed by atoms with Gasteiger partial charge in [-0.2, -0.15) is 5.10 Å². The number of carbonyl (C=O) groups is 1. The Labute approximate surface area is 154 Å². The molecule has 1 heterocycles. The van der Waals surface area contributed by atoms with Gasteiger partial charge < -0.3 is 5.32 Å². The lowest BCUT2D eigenvalue weighted by Gasteiger charge is -2.09. The molecule has 3 rings (SSSR count). The number of rotatable bonds is 6. The van der Waals surface area contributed by atoms with Gasteiger partial charge in [-0.3, -0.25) is 14.9 Å². The fraction of sp³-hybridized carbons (Fsp3) is 0.111. The first kappa shape index (κ1) is 17.6. The van der Waals surface area contributed by atoms with E-state index in [1.165, 1.54) is 12.1 Å². The standard InChI is InChI=1S/C18H15ClN4O3/c19-15-5-1-14(2-6-15)12-22-17(9-10-20-22)21-18(24)11-13-3-7-16(8-4-13)23(25)26/h1-10H,11-12H2,(H,21,24). The third kappa shape index (κ3) is 4.46. The molecule has 1 aromatic heterocycles. The first-order valence-electron chi connectivity index (χ1n) is 7.81. The van der Waals surface area contributed by atoms with Gasteiger partial charge in [0.2, 0.25) is 5.91 Å². The molecular formula is C18H15ClN4O3. The van der Waals surface area contributed by atoms with Crippen molar-refractivity contribution in [3.63, 3.8) is 0 Å². The van der Waals surface area contributed by atoms with Crippen molar-refractivity contribution in [2.45, 2.75) is 13.0 Å². The summed E-state index contributed by atoms with van der Waals surface area (Å²) in [7, 11) is 0. The normalized spacial score (nSPS) is 10.5. The molecule has 0 aliphatic carbocycles. The van der Waals surface area contributed by atoms with Crippen molar-refractivity contribution >= 4 is 29.0 Å². The van der Waals surface area contributed by atoms with Crippen LogP contribution in [0.1, 0.15) is 11.1 Å². The van der Waals surface area contributed by atoms with Gasteiger partial charge >= 0.3 is 0 Å². The lowest BCUT2D eigenvalue weighted by Crippen LogP contribution is -2.18.